The second kappa shape index (κ2) is 6.58. The summed E-state index contributed by atoms with van der Waals surface area (Å²) in [4.78, 5) is 16.6. The topological polar surface area (TPSA) is 47.3 Å². The summed E-state index contributed by atoms with van der Waals surface area (Å²) in [6.07, 6.45) is 4.48. The lowest BCUT2D eigenvalue weighted by atomic mass is 10.1. The van der Waals surface area contributed by atoms with Gasteiger partial charge in [0.1, 0.15) is 6.07 Å². The zero-order chi connectivity index (χ0) is 15.5. The van der Waals surface area contributed by atoms with Gasteiger partial charge in [-0.05, 0) is 31.0 Å². The third kappa shape index (κ3) is 3.05. The van der Waals surface area contributed by atoms with Gasteiger partial charge < -0.3 is 9.80 Å². The lowest BCUT2D eigenvalue weighted by Crippen LogP contribution is -2.50. The van der Waals surface area contributed by atoms with Gasteiger partial charge in [0.25, 0.3) is 0 Å². The minimum Gasteiger partial charge on any atom is -0.367 e. The molecule has 116 valence electrons. The highest BCUT2D eigenvalue weighted by molar-refractivity contribution is 6.30. The van der Waals surface area contributed by atoms with E-state index in [0.717, 1.165) is 44.7 Å². The van der Waals surface area contributed by atoms with Crippen molar-refractivity contribution in [3.05, 3.63) is 28.8 Å². The number of nitrogens with zero attached hydrogens (tertiary/aromatic N) is 3. The van der Waals surface area contributed by atoms with Crippen LogP contribution in [-0.4, -0.2) is 37.0 Å². The normalized spacial score (nSPS) is 19.3. The number of piperazine rings is 1. The van der Waals surface area contributed by atoms with E-state index in [2.05, 4.69) is 11.0 Å². The van der Waals surface area contributed by atoms with Crippen molar-refractivity contribution in [2.45, 2.75) is 25.7 Å². The van der Waals surface area contributed by atoms with Gasteiger partial charge in [0.05, 0.1) is 11.3 Å². The molecule has 0 bridgehead atoms. The fourth-order valence-corrected chi connectivity index (χ4v) is 3.64. The SMILES string of the molecule is N#Cc1cc(Cl)ccc1N1CCN(C(=O)C2CCCC2)CC1. The van der Waals surface area contributed by atoms with Crippen molar-refractivity contribution < 1.29 is 4.79 Å². The zero-order valence-electron chi connectivity index (χ0n) is 12.6. The first-order chi connectivity index (χ1) is 10.7. The number of benzene rings is 1. The molecule has 2 aliphatic rings. The lowest BCUT2D eigenvalue weighted by molar-refractivity contribution is -0.135. The first-order valence-corrected chi connectivity index (χ1v) is 8.30. The molecule has 1 amide bonds. The molecule has 0 aromatic heterocycles. The number of amides is 1. The standard InChI is InChI=1S/C17H20ClN3O/c18-15-5-6-16(14(11-15)12-19)20-7-9-21(10-8-20)17(22)13-3-1-2-4-13/h5-6,11,13H,1-4,7-10H2. The molecule has 22 heavy (non-hydrogen) atoms. The molecular formula is C17H20ClN3O. The van der Waals surface area contributed by atoms with Gasteiger partial charge in [0, 0.05) is 37.1 Å². The summed E-state index contributed by atoms with van der Waals surface area (Å²) in [5.74, 6) is 0.575. The molecule has 1 aromatic carbocycles. The summed E-state index contributed by atoms with van der Waals surface area (Å²) in [5, 5.41) is 9.84. The molecule has 0 atom stereocenters. The largest absolute Gasteiger partial charge is 0.367 e. The molecule has 0 unspecified atom stereocenters. The molecule has 1 aliphatic heterocycles. The minimum atomic E-state index is 0.247. The van der Waals surface area contributed by atoms with Crippen molar-refractivity contribution in [1.29, 1.82) is 5.26 Å². The molecule has 0 spiro atoms. The second-order valence-electron chi connectivity index (χ2n) is 6.07. The van der Waals surface area contributed by atoms with Gasteiger partial charge >= 0.3 is 0 Å². The van der Waals surface area contributed by atoms with Crippen molar-refractivity contribution in [2.24, 2.45) is 5.92 Å². The summed E-state index contributed by atoms with van der Waals surface area (Å²) in [6, 6.07) is 7.62. The predicted octanol–water partition coefficient (Wildman–Crippen LogP) is 3.05. The van der Waals surface area contributed by atoms with Crippen LogP contribution < -0.4 is 4.90 Å². The maximum Gasteiger partial charge on any atom is 0.225 e. The number of rotatable bonds is 2. The van der Waals surface area contributed by atoms with Gasteiger partial charge in [-0.1, -0.05) is 24.4 Å². The van der Waals surface area contributed by atoms with E-state index in [4.69, 9.17) is 11.6 Å². The van der Waals surface area contributed by atoms with Crippen LogP contribution in [0.4, 0.5) is 5.69 Å². The van der Waals surface area contributed by atoms with Crippen molar-refractivity contribution in [3.8, 4) is 6.07 Å². The predicted molar refractivity (Wildman–Crippen MR) is 86.9 cm³/mol. The van der Waals surface area contributed by atoms with Crippen LogP contribution in [-0.2, 0) is 4.79 Å². The maximum atomic E-state index is 12.4. The average molecular weight is 318 g/mol. The molecular weight excluding hydrogens is 298 g/mol. The smallest absolute Gasteiger partial charge is 0.225 e. The highest BCUT2D eigenvalue weighted by Gasteiger charge is 2.29. The van der Waals surface area contributed by atoms with Gasteiger partial charge in [-0.25, -0.2) is 0 Å². The van der Waals surface area contributed by atoms with E-state index in [0.29, 0.717) is 16.5 Å². The molecule has 3 rings (SSSR count). The first-order valence-electron chi connectivity index (χ1n) is 7.92. The molecule has 0 radical (unpaired) electrons. The number of carbonyl (C=O) groups is 1. The van der Waals surface area contributed by atoms with Crippen LogP contribution in [0.3, 0.4) is 0 Å². The van der Waals surface area contributed by atoms with Gasteiger partial charge in [-0.15, -0.1) is 0 Å². The second-order valence-corrected chi connectivity index (χ2v) is 6.50. The van der Waals surface area contributed by atoms with Crippen LogP contribution in [0.5, 0.6) is 0 Å². The minimum absolute atomic E-state index is 0.247. The molecule has 2 fully saturated rings. The Labute approximate surface area is 136 Å². The molecule has 5 heteroatoms. The molecule has 0 N–H and O–H groups in total. The third-order valence-corrected chi connectivity index (χ3v) is 4.95. The highest BCUT2D eigenvalue weighted by Crippen LogP contribution is 2.28. The Morgan fingerprint density at radius 3 is 2.50 bits per heavy atom. The van der Waals surface area contributed by atoms with E-state index in [1.807, 2.05) is 17.0 Å². The Morgan fingerprint density at radius 1 is 1.18 bits per heavy atom. The number of anilines is 1. The van der Waals surface area contributed by atoms with E-state index in [1.54, 1.807) is 6.07 Å². The van der Waals surface area contributed by atoms with Crippen molar-refractivity contribution in [1.82, 2.24) is 4.90 Å². The summed E-state index contributed by atoms with van der Waals surface area (Å²) in [6.45, 7) is 3.02. The van der Waals surface area contributed by atoms with Crippen LogP contribution in [0.2, 0.25) is 5.02 Å². The van der Waals surface area contributed by atoms with Crippen molar-refractivity contribution in [3.63, 3.8) is 0 Å². The van der Waals surface area contributed by atoms with Crippen molar-refractivity contribution >= 4 is 23.2 Å². The number of nitriles is 1. The summed E-state index contributed by atoms with van der Waals surface area (Å²) in [5.41, 5.74) is 1.52. The van der Waals surface area contributed by atoms with Crippen LogP contribution >= 0.6 is 11.6 Å². The Morgan fingerprint density at radius 2 is 1.86 bits per heavy atom. The molecule has 1 aromatic rings. The van der Waals surface area contributed by atoms with Crippen LogP contribution in [0, 0.1) is 17.2 Å². The summed E-state index contributed by atoms with van der Waals surface area (Å²) >= 11 is 5.95. The van der Waals surface area contributed by atoms with E-state index in [9.17, 15) is 10.1 Å². The Bertz CT molecular complexity index is 596. The van der Waals surface area contributed by atoms with Crippen LogP contribution in [0.1, 0.15) is 31.2 Å². The molecule has 1 saturated carbocycles. The quantitative estimate of drug-likeness (QED) is 0.842. The number of hydrogen-bond donors (Lipinski definition) is 0. The molecule has 1 heterocycles. The fourth-order valence-electron chi connectivity index (χ4n) is 3.47. The van der Waals surface area contributed by atoms with E-state index < -0.39 is 0 Å². The number of carbonyl (C=O) groups excluding carboxylic acids is 1. The first kappa shape index (κ1) is 15.2. The molecule has 1 aliphatic carbocycles. The van der Waals surface area contributed by atoms with Gasteiger partial charge in [0.15, 0.2) is 0 Å². The highest BCUT2D eigenvalue weighted by atomic mass is 35.5. The Balaban J connectivity index is 1.64. The van der Waals surface area contributed by atoms with Crippen molar-refractivity contribution in [2.75, 3.05) is 31.1 Å². The zero-order valence-corrected chi connectivity index (χ0v) is 13.4. The lowest BCUT2D eigenvalue weighted by Gasteiger charge is -2.37. The maximum absolute atomic E-state index is 12.4. The van der Waals surface area contributed by atoms with Crippen LogP contribution in [0.25, 0.3) is 0 Å². The number of hydrogen-bond acceptors (Lipinski definition) is 3. The Kier molecular flexibility index (Phi) is 4.54. The third-order valence-electron chi connectivity index (χ3n) is 4.72. The Hall–Kier alpha value is -1.73. The van der Waals surface area contributed by atoms with E-state index in [1.165, 1.54) is 12.8 Å². The molecule has 4 nitrogen and oxygen atoms in total. The van der Waals surface area contributed by atoms with E-state index >= 15 is 0 Å². The average Bonchev–Trinajstić information content (AvgIpc) is 3.08. The fraction of sp³-hybridized carbons (Fsp3) is 0.529. The molecule has 1 saturated heterocycles. The van der Waals surface area contributed by atoms with Gasteiger partial charge in [-0.2, -0.15) is 5.26 Å². The van der Waals surface area contributed by atoms with Gasteiger partial charge in [-0.3, -0.25) is 4.79 Å². The summed E-state index contributed by atoms with van der Waals surface area (Å²) < 4.78 is 0. The number of halogens is 1. The monoisotopic (exact) mass is 317 g/mol. The van der Waals surface area contributed by atoms with Gasteiger partial charge in [0.2, 0.25) is 5.91 Å². The summed E-state index contributed by atoms with van der Waals surface area (Å²) in [7, 11) is 0. The van der Waals surface area contributed by atoms with Crippen LogP contribution in [0.15, 0.2) is 18.2 Å². The van der Waals surface area contributed by atoms with E-state index in [-0.39, 0.29) is 5.92 Å².